The number of aryl methyl sites for hydroxylation is 1. The number of likely N-dealkylation sites (tertiary alicyclic amines) is 1. The molecular formula is C21H27N3OS. The van der Waals surface area contributed by atoms with Crippen LogP contribution in [-0.4, -0.2) is 38.3 Å². The average molecular weight is 370 g/mol. The van der Waals surface area contributed by atoms with Gasteiger partial charge >= 0.3 is 0 Å². The van der Waals surface area contributed by atoms with E-state index in [2.05, 4.69) is 47.7 Å². The number of thioether (sulfide) groups is 1. The Kier molecular flexibility index (Phi) is 6.20. The van der Waals surface area contributed by atoms with E-state index in [0.29, 0.717) is 0 Å². The van der Waals surface area contributed by atoms with Gasteiger partial charge in [-0.05, 0) is 38.7 Å². The van der Waals surface area contributed by atoms with E-state index in [-0.39, 0.29) is 17.2 Å². The zero-order valence-electron chi connectivity index (χ0n) is 15.6. The normalized spacial score (nSPS) is 18.5. The summed E-state index contributed by atoms with van der Waals surface area (Å²) in [4.78, 5) is 23.0. The van der Waals surface area contributed by atoms with Crippen LogP contribution in [0.3, 0.4) is 0 Å². The van der Waals surface area contributed by atoms with E-state index in [4.69, 9.17) is 0 Å². The van der Waals surface area contributed by atoms with Crippen molar-refractivity contribution in [1.29, 1.82) is 0 Å². The Bertz CT molecular complexity index is 753. The summed E-state index contributed by atoms with van der Waals surface area (Å²) >= 11 is 1.64. The minimum Gasteiger partial charge on any atom is -0.340 e. The molecule has 2 heterocycles. The van der Waals surface area contributed by atoms with Gasteiger partial charge in [0, 0.05) is 12.3 Å². The lowest BCUT2D eigenvalue weighted by Crippen LogP contribution is -2.42. The van der Waals surface area contributed by atoms with E-state index in [9.17, 15) is 4.79 Å². The van der Waals surface area contributed by atoms with Gasteiger partial charge in [-0.1, -0.05) is 35.9 Å². The molecule has 5 heteroatoms. The topological polar surface area (TPSA) is 49.0 Å². The van der Waals surface area contributed by atoms with Crippen LogP contribution < -0.4 is 0 Å². The van der Waals surface area contributed by atoms with Crippen LogP contribution in [0.25, 0.3) is 11.3 Å². The van der Waals surface area contributed by atoms with Crippen molar-refractivity contribution in [1.82, 2.24) is 14.9 Å². The van der Waals surface area contributed by atoms with Gasteiger partial charge in [0.1, 0.15) is 5.82 Å². The first-order chi connectivity index (χ1) is 12.6. The highest BCUT2D eigenvalue weighted by Gasteiger charge is 2.32. The highest BCUT2D eigenvalue weighted by molar-refractivity contribution is 8.00. The predicted octanol–water partition coefficient (Wildman–Crippen LogP) is 4.75. The van der Waals surface area contributed by atoms with Crippen LogP contribution in [0.5, 0.6) is 0 Å². The van der Waals surface area contributed by atoms with Crippen LogP contribution in [0.2, 0.25) is 0 Å². The molecule has 1 amide bonds. The van der Waals surface area contributed by atoms with Crippen molar-refractivity contribution >= 4 is 17.7 Å². The number of aromatic amines is 1. The highest BCUT2D eigenvalue weighted by Crippen LogP contribution is 2.32. The summed E-state index contributed by atoms with van der Waals surface area (Å²) in [6.45, 7) is 8.62. The van der Waals surface area contributed by atoms with Crippen LogP contribution in [-0.2, 0) is 4.79 Å². The molecule has 0 bridgehead atoms. The Balaban J connectivity index is 1.78. The average Bonchev–Trinajstić information content (AvgIpc) is 3.16. The number of aromatic nitrogens is 2. The molecule has 138 valence electrons. The third-order valence-electron chi connectivity index (χ3n) is 4.87. The van der Waals surface area contributed by atoms with Crippen molar-refractivity contribution < 1.29 is 4.79 Å². The number of carbonyl (C=O) groups excluding carboxylic acids is 1. The molecule has 1 aliphatic heterocycles. The fourth-order valence-electron chi connectivity index (χ4n) is 3.38. The number of nitrogens with zero attached hydrogens (tertiary/aromatic N) is 2. The standard InChI is InChI=1S/C21H27N3OS/c1-4-13-26-16(3)21(25)24-12-6-5-7-19(24)20-22-14-18(23-20)17-10-8-15(2)9-11-17/h4,8-11,14,16,19H,1,5-7,12-13H2,2-3H3,(H,22,23). The smallest absolute Gasteiger partial charge is 0.236 e. The molecule has 0 saturated carbocycles. The van der Waals surface area contributed by atoms with Crippen molar-refractivity contribution in [2.45, 2.75) is 44.4 Å². The molecule has 1 aromatic heterocycles. The third kappa shape index (κ3) is 4.21. The number of benzene rings is 1. The van der Waals surface area contributed by atoms with Gasteiger partial charge in [0.15, 0.2) is 0 Å². The lowest BCUT2D eigenvalue weighted by Gasteiger charge is -2.36. The highest BCUT2D eigenvalue weighted by atomic mass is 32.2. The van der Waals surface area contributed by atoms with Gasteiger partial charge in [-0.2, -0.15) is 0 Å². The summed E-state index contributed by atoms with van der Waals surface area (Å²) in [5.74, 6) is 1.90. The van der Waals surface area contributed by atoms with Gasteiger partial charge in [-0.3, -0.25) is 4.79 Å². The van der Waals surface area contributed by atoms with E-state index < -0.39 is 0 Å². The number of hydrogen-bond donors (Lipinski definition) is 1. The van der Waals surface area contributed by atoms with Gasteiger partial charge in [-0.25, -0.2) is 4.98 Å². The van der Waals surface area contributed by atoms with Gasteiger partial charge in [0.05, 0.1) is 23.2 Å². The van der Waals surface area contributed by atoms with Crippen molar-refractivity contribution in [2.24, 2.45) is 0 Å². The number of piperidine rings is 1. The quantitative estimate of drug-likeness (QED) is 0.748. The molecule has 1 N–H and O–H groups in total. The zero-order chi connectivity index (χ0) is 18.5. The van der Waals surface area contributed by atoms with Crippen LogP contribution in [0, 0.1) is 6.92 Å². The minimum absolute atomic E-state index is 0.0437. The summed E-state index contributed by atoms with van der Waals surface area (Å²) in [6.07, 6.45) is 6.89. The summed E-state index contributed by atoms with van der Waals surface area (Å²) in [5, 5.41) is -0.0554. The Hall–Kier alpha value is -2.01. The number of H-pyrrole nitrogens is 1. The molecule has 1 saturated heterocycles. The molecule has 2 atom stereocenters. The third-order valence-corrected chi connectivity index (χ3v) is 6.00. The van der Waals surface area contributed by atoms with E-state index >= 15 is 0 Å². The fraction of sp³-hybridized carbons (Fsp3) is 0.429. The first-order valence-corrected chi connectivity index (χ1v) is 10.3. The first kappa shape index (κ1) is 18.8. The predicted molar refractivity (Wildman–Crippen MR) is 109 cm³/mol. The number of hydrogen-bond acceptors (Lipinski definition) is 3. The van der Waals surface area contributed by atoms with Crippen LogP contribution in [0.1, 0.15) is 43.6 Å². The molecule has 2 unspecified atom stereocenters. The maximum Gasteiger partial charge on any atom is 0.236 e. The monoisotopic (exact) mass is 369 g/mol. The second-order valence-corrected chi connectivity index (χ2v) is 8.23. The van der Waals surface area contributed by atoms with Gasteiger partial charge in [0.25, 0.3) is 0 Å². The largest absolute Gasteiger partial charge is 0.340 e. The van der Waals surface area contributed by atoms with Gasteiger partial charge < -0.3 is 9.88 Å². The lowest BCUT2D eigenvalue weighted by atomic mass is 10.0. The Morgan fingerprint density at radius 1 is 1.42 bits per heavy atom. The van der Waals surface area contributed by atoms with Gasteiger partial charge in [0.2, 0.25) is 5.91 Å². The molecule has 0 radical (unpaired) electrons. The maximum atomic E-state index is 12.9. The molecule has 3 rings (SSSR count). The molecule has 2 aromatic rings. The molecule has 0 aliphatic carbocycles. The van der Waals surface area contributed by atoms with Crippen molar-refractivity contribution in [3.63, 3.8) is 0 Å². The molecule has 1 aromatic carbocycles. The molecular weight excluding hydrogens is 342 g/mol. The summed E-state index contributed by atoms with van der Waals surface area (Å²) in [6, 6.07) is 8.45. The van der Waals surface area contributed by atoms with Crippen LogP contribution in [0.15, 0.2) is 43.1 Å². The second kappa shape index (κ2) is 8.58. The first-order valence-electron chi connectivity index (χ1n) is 9.25. The number of imidazole rings is 1. The van der Waals surface area contributed by atoms with Crippen LogP contribution in [0.4, 0.5) is 0 Å². The van der Waals surface area contributed by atoms with Crippen molar-refractivity contribution in [3.8, 4) is 11.3 Å². The van der Waals surface area contributed by atoms with E-state index in [0.717, 1.165) is 48.6 Å². The summed E-state index contributed by atoms with van der Waals surface area (Å²) in [5.41, 5.74) is 3.37. The molecule has 0 spiro atoms. The Labute approximate surface area is 160 Å². The lowest BCUT2D eigenvalue weighted by molar-refractivity contribution is -0.134. The molecule has 26 heavy (non-hydrogen) atoms. The fourth-order valence-corrected chi connectivity index (χ4v) is 4.09. The number of rotatable bonds is 6. The van der Waals surface area contributed by atoms with Crippen LogP contribution >= 0.6 is 11.8 Å². The SMILES string of the molecule is C=CCSC(C)C(=O)N1CCCCC1c1ncc(-c2ccc(C)cc2)[nH]1. The van der Waals surface area contributed by atoms with E-state index in [1.165, 1.54) is 5.56 Å². The van der Waals surface area contributed by atoms with E-state index in [1.807, 2.05) is 24.1 Å². The zero-order valence-corrected chi connectivity index (χ0v) is 16.4. The Morgan fingerprint density at radius 2 is 2.19 bits per heavy atom. The van der Waals surface area contributed by atoms with Crippen molar-refractivity contribution in [2.75, 3.05) is 12.3 Å². The second-order valence-electron chi connectivity index (χ2n) is 6.86. The molecule has 1 fully saturated rings. The Morgan fingerprint density at radius 3 is 2.92 bits per heavy atom. The number of carbonyl (C=O) groups is 1. The maximum absolute atomic E-state index is 12.9. The van der Waals surface area contributed by atoms with Crippen molar-refractivity contribution in [3.05, 3.63) is 54.5 Å². The van der Waals surface area contributed by atoms with Gasteiger partial charge in [-0.15, -0.1) is 18.3 Å². The summed E-state index contributed by atoms with van der Waals surface area (Å²) < 4.78 is 0. The van der Waals surface area contributed by atoms with E-state index in [1.54, 1.807) is 11.8 Å². The molecule has 4 nitrogen and oxygen atoms in total. The molecule has 1 aliphatic rings. The number of amides is 1. The minimum atomic E-state index is -0.0554. The number of nitrogens with one attached hydrogen (secondary N) is 1. The summed E-state index contributed by atoms with van der Waals surface area (Å²) in [7, 11) is 0.